The third-order valence-electron chi connectivity index (χ3n) is 3.44. The number of tetrazole rings is 1. The van der Waals surface area contributed by atoms with Gasteiger partial charge in [-0.25, -0.2) is 12.7 Å². The van der Waals surface area contributed by atoms with E-state index in [2.05, 4.69) is 20.8 Å². The van der Waals surface area contributed by atoms with Crippen molar-refractivity contribution in [1.29, 1.82) is 0 Å². The zero-order chi connectivity index (χ0) is 16.9. The lowest BCUT2D eigenvalue weighted by Gasteiger charge is -2.17. The highest BCUT2D eigenvalue weighted by Gasteiger charge is 2.13. The van der Waals surface area contributed by atoms with Crippen LogP contribution in [0, 0.1) is 6.92 Å². The van der Waals surface area contributed by atoms with Crippen LogP contribution in [0.5, 0.6) is 0 Å². The Hall–Kier alpha value is -2.00. The molecule has 1 aromatic heterocycles. The molecule has 126 valence electrons. The standard InChI is InChI=1S/C14H22N6O2S/c1-4-19(23(3,21)22)11-5-10-15-14-16-17-18-20(14)13-8-6-12(2)7-9-13/h6-9H,4-5,10-11H2,1-3H3,(H,15,16,18). The lowest BCUT2D eigenvalue weighted by molar-refractivity contribution is 0.428. The number of aryl methyl sites for hydroxylation is 1. The van der Waals surface area contributed by atoms with Crippen LogP contribution >= 0.6 is 0 Å². The predicted octanol–water partition coefficient (Wildman–Crippen LogP) is 1.05. The Morgan fingerprint density at radius 2 is 1.96 bits per heavy atom. The minimum absolute atomic E-state index is 0.467. The van der Waals surface area contributed by atoms with E-state index in [9.17, 15) is 8.42 Å². The maximum atomic E-state index is 11.5. The van der Waals surface area contributed by atoms with Crippen molar-refractivity contribution in [3.05, 3.63) is 29.8 Å². The van der Waals surface area contributed by atoms with E-state index in [-0.39, 0.29) is 0 Å². The average molecular weight is 338 g/mol. The van der Waals surface area contributed by atoms with Crippen LogP contribution in [0.2, 0.25) is 0 Å². The molecule has 0 saturated carbocycles. The predicted molar refractivity (Wildman–Crippen MR) is 89.1 cm³/mol. The number of rotatable bonds is 8. The Balaban J connectivity index is 1.93. The van der Waals surface area contributed by atoms with E-state index in [1.165, 1.54) is 10.6 Å². The van der Waals surface area contributed by atoms with Gasteiger partial charge in [-0.3, -0.25) is 0 Å². The summed E-state index contributed by atoms with van der Waals surface area (Å²) < 4.78 is 26.1. The van der Waals surface area contributed by atoms with E-state index in [4.69, 9.17) is 0 Å². The minimum Gasteiger partial charge on any atom is -0.353 e. The molecule has 1 heterocycles. The molecule has 0 aliphatic rings. The van der Waals surface area contributed by atoms with Crippen molar-refractivity contribution in [3.8, 4) is 5.69 Å². The number of sulfonamides is 1. The number of hydrogen-bond acceptors (Lipinski definition) is 6. The first-order chi connectivity index (χ1) is 10.9. The molecule has 2 rings (SSSR count). The number of aromatic nitrogens is 4. The van der Waals surface area contributed by atoms with E-state index in [1.54, 1.807) is 4.68 Å². The summed E-state index contributed by atoms with van der Waals surface area (Å²) in [6, 6.07) is 7.87. The highest BCUT2D eigenvalue weighted by atomic mass is 32.2. The molecule has 0 amide bonds. The summed E-state index contributed by atoms with van der Waals surface area (Å²) in [6.07, 6.45) is 1.89. The van der Waals surface area contributed by atoms with Crippen LogP contribution in [0.3, 0.4) is 0 Å². The fourth-order valence-corrected chi connectivity index (χ4v) is 3.10. The number of hydrogen-bond donors (Lipinski definition) is 1. The number of benzene rings is 1. The summed E-state index contributed by atoms with van der Waals surface area (Å²) in [5.41, 5.74) is 2.03. The molecule has 0 bridgehead atoms. The molecule has 0 radical (unpaired) electrons. The second kappa shape index (κ2) is 7.51. The fourth-order valence-electron chi connectivity index (χ4n) is 2.17. The van der Waals surface area contributed by atoms with Crippen LogP contribution in [-0.2, 0) is 10.0 Å². The largest absolute Gasteiger partial charge is 0.353 e. The molecule has 0 spiro atoms. The van der Waals surface area contributed by atoms with Gasteiger partial charge in [0.2, 0.25) is 16.0 Å². The van der Waals surface area contributed by atoms with Crippen molar-refractivity contribution in [1.82, 2.24) is 24.5 Å². The van der Waals surface area contributed by atoms with Gasteiger partial charge >= 0.3 is 0 Å². The third kappa shape index (κ3) is 4.73. The zero-order valence-corrected chi connectivity index (χ0v) is 14.4. The highest BCUT2D eigenvalue weighted by Crippen LogP contribution is 2.12. The van der Waals surface area contributed by atoms with Crippen molar-refractivity contribution >= 4 is 16.0 Å². The van der Waals surface area contributed by atoms with Crippen molar-refractivity contribution in [2.75, 3.05) is 31.2 Å². The molecule has 9 heteroatoms. The second-order valence-electron chi connectivity index (χ2n) is 5.28. The smallest absolute Gasteiger partial charge is 0.247 e. The SMILES string of the molecule is CCN(CCCNc1nnnn1-c1ccc(C)cc1)S(C)(=O)=O. The second-order valence-corrected chi connectivity index (χ2v) is 7.27. The number of nitrogens with one attached hydrogen (secondary N) is 1. The van der Waals surface area contributed by atoms with Crippen molar-refractivity contribution in [3.63, 3.8) is 0 Å². The Bertz CT molecular complexity index is 726. The summed E-state index contributed by atoms with van der Waals surface area (Å²) >= 11 is 0. The van der Waals surface area contributed by atoms with E-state index in [0.717, 1.165) is 11.3 Å². The summed E-state index contributed by atoms with van der Waals surface area (Å²) in [7, 11) is -3.14. The molecule has 0 saturated heterocycles. The summed E-state index contributed by atoms with van der Waals surface area (Å²) in [6.45, 7) is 5.36. The van der Waals surface area contributed by atoms with Crippen LogP contribution in [0.25, 0.3) is 5.69 Å². The molecule has 1 N–H and O–H groups in total. The zero-order valence-electron chi connectivity index (χ0n) is 13.6. The Labute approximate surface area is 136 Å². The van der Waals surface area contributed by atoms with Crippen LogP contribution in [0.4, 0.5) is 5.95 Å². The van der Waals surface area contributed by atoms with Gasteiger partial charge in [0.1, 0.15) is 0 Å². The topological polar surface area (TPSA) is 93.0 Å². The molecule has 2 aromatic rings. The lowest BCUT2D eigenvalue weighted by Crippen LogP contribution is -2.31. The van der Waals surface area contributed by atoms with Crippen LogP contribution in [0.15, 0.2) is 24.3 Å². The molecule has 0 aliphatic heterocycles. The van der Waals surface area contributed by atoms with E-state index in [0.29, 0.717) is 32.0 Å². The molecule has 1 aromatic carbocycles. The van der Waals surface area contributed by atoms with Gasteiger partial charge in [-0.05, 0) is 35.9 Å². The maximum Gasteiger partial charge on any atom is 0.247 e. The number of nitrogens with zero attached hydrogens (tertiary/aromatic N) is 5. The summed E-state index contributed by atoms with van der Waals surface area (Å²) in [5, 5.41) is 14.8. The van der Waals surface area contributed by atoms with E-state index in [1.807, 2.05) is 38.1 Å². The molecule has 23 heavy (non-hydrogen) atoms. The van der Waals surface area contributed by atoms with Gasteiger partial charge in [0.25, 0.3) is 0 Å². The van der Waals surface area contributed by atoms with Crippen molar-refractivity contribution in [2.24, 2.45) is 0 Å². The Morgan fingerprint density at radius 1 is 1.26 bits per heavy atom. The monoisotopic (exact) mass is 338 g/mol. The maximum absolute atomic E-state index is 11.5. The van der Waals surface area contributed by atoms with Crippen LogP contribution < -0.4 is 5.32 Å². The first kappa shape index (κ1) is 17.4. The van der Waals surface area contributed by atoms with Crippen LogP contribution in [0.1, 0.15) is 18.9 Å². The number of anilines is 1. The van der Waals surface area contributed by atoms with Gasteiger partial charge in [0.05, 0.1) is 11.9 Å². The van der Waals surface area contributed by atoms with E-state index >= 15 is 0 Å². The van der Waals surface area contributed by atoms with Crippen molar-refractivity contribution < 1.29 is 8.42 Å². The van der Waals surface area contributed by atoms with Gasteiger partial charge in [-0.15, -0.1) is 0 Å². The van der Waals surface area contributed by atoms with Crippen molar-refractivity contribution in [2.45, 2.75) is 20.3 Å². The van der Waals surface area contributed by atoms with Crippen LogP contribution in [-0.4, -0.2) is 58.8 Å². The molecular formula is C14H22N6O2S. The molecule has 8 nitrogen and oxygen atoms in total. The average Bonchev–Trinajstić information content (AvgIpc) is 2.95. The first-order valence-electron chi connectivity index (χ1n) is 7.46. The molecule has 0 atom stereocenters. The molecule has 0 unspecified atom stereocenters. The third-order valence-corrected chi connectivity index (χ3v) is 4.82. The highest BCUT2D eigenvalue weighted by molar-refractivity contribution is 7.88. The van der Waals surface area contributed by atoms with Gasteiger partial charge in [-0.1, -0.05) is 29.7 Å². The normalized spacial score (nSPS) is 11.8. The van der Waals surface area contributed by atoms with Gasteiger partial charge in [0.15, 0.2) is 0 Å². The van der Waals surface area contributed by atoms with Gasteiger partial charge in [-0.2, -0.15) is 4.68 Å². The first-order valence-corrected chi connectivity index (χ1v) is 9.31. The van der Waals surface area contributed by atoms with Gasteiger partial charge < -0.3 is 5.32 Å². The summed E-state index contributed by atoms with van der Waals surface area (Å²) in [5.74, 6) is 0.538. The minimum atomic E-state index is -3.14. The molecule has 0 aliphatic carbocycles. The lowest BCUT2D eigenvalue weighted by atomic mass is 10.2. The summed E-state index contributed by atoms with van der Waals surface area (Å²) in [4.78, 5) is 0. The van der Waals surface area contributed by atoms with Gasteiger partial charge in [0, 0.05) is 19.6 Å². The quantitative estimate of drug-likeness (QED) is 0.723. The fraction of sp³-hybridized carbons (Fsp3) is 0.500. The Morgan fingerprint density at radius 3 is 2.57 bits per heavy atom. The van der Waals surface area contributed by atoms with E-state index < -0.39 is 10.0 Å². The molecule has 0 fully saturated rings. The molecular weight excluding hydrogens is 316 g/mol. The Kier molecular flexibility index (Phi) is 5.67.